The fraction of sp³-hybridized carbons (Fsp3) is 0.333. The Morgan fingerprint density at radius 3 is 2.78 bits per heavy atom. The maximum Gasteiger partial charge on any atom is 0.305 e. The van der Waals surface area contributed by atoms with E-state index in [1.165, 1.54) is 18.1 Å². The van der Waals surface area contributed by atoms with Crippen LogP contribution in [-0.4, -0.2) is 47.4 Å². The first-order chi connectivity index (χ1) is 10.9. The van der Waals surface area contributed by atoms with Crippen molar-refractivity contribution in [3.8, 4) is 0 Å². The summed E-state index contributed by atoms with van der Waals surface area (Å²) in [4.78, 5) is 38.2. The molecule has 23 heavy (non-hydrogen) atoms. The molecule has 0 bridgehead atoms. The van der Waals surface area contributed by atoms with Crippen LogP contribution in [0.4, 0.5) is 5.69 Å². The molecule has 0 saturated carbocycles. The van der Waals surface area contributed by atoms with Crippen molar-refractivity contribution in [2.24, 2.45) is 0 Å². The minimum absolute atomic E-state index is 0.0742. The van der Waals surface area contributed by atoms with E-state index in [4.69, 9.17) is 0 Å². The number of aromatic amines is 1. The number of ether oxygens (including phenoxy) is 1. The number of nitro groups is 1. The Bertz CT molecular complexity index is 753. The lowest BCUT2D eigenvalue weighted by Crippen LogP contribution is -2.28. The van der Waals surface area contributed by atoms with E-state index in [2.05, 4.69) is 9.72 Å². The van der Waals surface area contributed by atoms with Crippen LogP contribution < -0.4 is 0 Å². The van der Waals surface area contributed by atoms with E-state index in [0.29, 0.717) is 23.9 Å². The summed E-state index contributed by atoms with van der Waals surface area (Å²) in [5.74, 6) is -0.618. The highest BCUT2D eigenvalue weighted by Crippen LogP contribution is 2.25. The molecule has 1 N–H and O–H groups in total. The highest BCUT2D eigenvalue weighted by atomic mass is 16.6. The van der Waals surface area contributed by atoms with Crippen molar-refractivity contribution in [3.05, 3.63) is 40.1 Å². The second-order valence-electron chi connectivity index (χ2n) is 5.09. The number of H-pyrrole nitrogens is 1. The van der Waals surface area contributed by atoms with Crippen molar-refractivity contribution >= 4 is 28.5 Å². The molecule has 8 heteroatoms. The van der Waals surface area contributed by atoms with Crippen LogP contribution in [-0.2, 0) is 9.53 Å². The van der Waals surface area contributed by atoms with Crippen LogP contribution in [0.5, 0.6) is 0 Å². The van der Waals surface area contributed by atoms with E-state index >= 15 is 0 Å². The summed E-state index contributed by atoms with van der Waals surface area (Å²) in [7, 11) is 2.92. The number of methoxy groups -OCH3 is 1. The molecule has 1 heterocycles. The Hall–Kier alpha value is -2.90. The molecule has 0 unspecified atom stereocenters. The van der Waals surface area contributed by atoms with Gasteiger partial charge in [0.25, 0.3) is 11.6 Å². The highest BCUT2D eigenvalue weighted by Gasteiger charge is 2.19. The number of aromatic nitrogens is 1. The number of rotatable bonds is 6. The van der Waals surface area contributed by atoms with Gasteiger partial charge in [0, 0.05) is 31.5 Å². The van der Waals surface area contributed by atoms with E-state index in [1.54, 1.807) is 25.2 Å². The molecule has 0 aliphatic rings. The van der Waals surface area contributed by atoms with E-state index in [9.17, 15) is 19.7 Å². The van der Waals surface area contributed by atoms with Crippen molar-refractivity contribution in [3.63, 3.8) is 0 Å². The Labute approximate surface area is 132 Å². The van der Waals surface area contributed by atoms with Gasteiger partial charge in [0.15, 0.2) is 0 Å². The molecule has 0 spiro atoms. The van der Waals surface area contributed by atoms with Gasteiger partial charge in [-0.1, -0.05) is 12.1 Å². The predicted octanol–water partition coefficient (Wildman–Crippen LogP) is 2.10. The maximum atomic E-state index is 12.3. The SMILES string of the molecule is COC(=O)CCCN(C)C(=O)c1cc2cccc([N+](=O)[O-])c2[nH]1. The smallest absolute Gasteiger partial charge is 0.305 e. The predicted molar refractivity (Wildman–Crippen MR) is 83.2 cm³/mol. The molecule has 0 atom stereocenters. The van der Waals surface area contributed by atoms with Gasteiger partial charge < -0.3 is 14.6 Å². The van der Waals surface area contributed by atoms with Crippen molar-refractivity contribution in [1.29, 1.82) is 0 Å². The van der Waals surface area contributed by atoms with E-state index < -0.39 is 4.92 Å². The van der Waals surface area contributed by atoms with Crippen molar-refractivity contribution in [1.82, 2.24) is 9.88 Å². The third-order valence-corrected chi connectivity index (χ3v) is 3.51. The van der Waals surface area contributed by atoms with Crippen molar-refractivity contribution in [2.75, 3.05) is 20.7 Å². The summed E-state index contributed by atoms with van der Waals surface area (Å²) in [6.07, 6.45) is 0.710. The molecule has 0 radical (unpaired) electrons. The Balaban J connectivity index is 2.13. The molecule has 0 aliphatic heterocycles. The van der Waals surface area contributed by atoms with Crippen LogP contribution in [0.2, 0.25) is 0 Å². The van der Waals surface area contributed by atoms with Gasteiger partial charge in [-0.15, -0.1) is 0 Å². The average Bonchev–Trinajstić information content (AvgIpc) is 2.97. The van der Waals surface area contributed by atoms with Crippen LogP contribution >= 0.6 is 0 Å². The lowest BCUT2D eigenvalue weighted by atomic mass is 10.2. The fourth-order valence-electron chi connectivity index (χ4n) is 2.28. The molecular weight excluding hydrogens is 302 g/mol. The van der Waals surface area contributed by atoms with Crippen molar-refractivity contribution < 1.29 is 19.2 Å². The van der Waals surface area contributed by atoms with Crippen molar-refractivity contribution in [2.45, 2.75) is 12.8 Å². The minimum Gasteiger partial charge on any atom is -0.469 e. The number of carbonyl (C=O) groups is 2. The zero-order valence-corrected chi connectivity index (χ0v) is 12.9. The van der Waals surface area contributed by atoms with Gasteiger partial charge in [-0.25, -0.2) is 0 Å². The van der Waals surface area contributed by atoms with Gasteiger partial charge in [0.05, 0.1) is 12.0 Å². The number of para-hydroxylation sites is 1. The Morgan fingerprint density at radius 1 is 1.39 bits per heavy atom. The molecular formula is C15H17N3O5. The molecule has 1 amide bonds. The highest BCUT2D eigenvalue weighted by molar-refractivity contribution is 6.00. The topological polar surface area (TPSA) is 106 Å². The fourth-order valence-corrected chi connectivity index (χ4v) is 2.28. The summed E-state index contributed by atoms with van der Waals surface area (Å²) < 4.78 is 4.54. The number of hydrogen-bond donors (Lipinski definition) is 1. The molecule has 0 saturated heterocycles. The maximum absolute atomic E-state index is 12.3. The molecule has 2 aromatic rings. The number of hydrogen-bond acceptors (Lipinski definition) is 5. The van der Waals surface area contributed by atoms with Gasteiger partial charge in [-0.05, 0) is 12.5 Å². The minimum atomic E-state index is -0.493. The van der Waals surface area contributed by atoms with Crippen LogP contribution in [0.3, 0.4) is 0 Å². The molecule has 8 nitrogen and oxygen atoms in total. The van der Waals surface area contributed by atoms with Gasteiger partial charge in [0.2, 0.25) is 0 Å². The lowest BCUT2D eigenvalue weighted by Gasteiger charge is -2.15. The van der Waals surface area contributed by atoms with E-state index in [1.807, 2.05) is 0 Å². The van der Waals surface area contributed by atoms with Gasteiger partial charge in [0.1, 0.15) is 11.2 Å². The van der Waals surface area contributed by atoms with E-state index in [0.717, 1.165) is 0 Å². The largest absolute Gasteiger partial charge is 0.469 e. The first-order valence-electron chi connectivity index (χ1n) is 7.02. The van der Waals surface area contributed by atoms with Gasteiger partial charge in [-0.2, -0.15) is 0 Å². The number of carbonyl (C=O) groups excluding carboxylic acids is 2. The van der Waals surface area contributed by atoms with Gasteiger partial charge >= 0.3 is 5.97 Å². The average molecular weight is 319 g/mol. The summed E-state index contributed by atoms with van der Waals surface area (Å²) >= 11 is 0. The second-order valence-corrected chi connectivity index (χ2v) is 5.09. The molecule has 0 fully saturated rings. The molecule has 0 aliphatic carbocycles. The lowest BCUT2D eigenvalue weighted by molar-refractivity contribution is -0.383. The zero-order valence-electron chi connectivity index (χ0n) is 12.9. The standard InChI is InChI=1S/C15H17N3O5/c1-17(8-4-7-13(19)23-2)15(20)11-9-10-5-3-6-12(18(21)22)14(10)16-11/h3,5-6,9,16H,4,7-8H2,1-2H3. The number of non-ortho nitro benzene ring substituents is 1. The first-order valence-corrected chi connectivity index (χ1v) is 7.02. The summed E-state index contributed by atoms with van der Waals surface area (Å²) in [5, 5.41) is 11.6. The quantitative estimate of drug-likeness (QED) is 0.498. The van der Waals surface area contributed by atoms with Crippen LogP contribution in [0, 0.1) is 10.1 Å². The number of benzene rings is 1. The Morgan fingerprint density at radius 2 is 2.13 bits per heavy atom. The summed E-state index contributed by atoms with van der Waals surface area (Å²) in [6, 6.07) is 6.24. The molecule has 2 rings (SSSR count). The van der Waals surface area contributed by atoms with Gasteiger partial charge in [-0.3, -0.25) is 19.7 Å². The third-order valence-electron chi connectivity index (χ3n) is 3.51. The van der Waals surface area contributed by atoms with Crippen LogP contribution in [0.15, 0.2) is 24.3 Å². The second kappa shape index (κ2) is 6.91. The third kappa shape index (κ3) is 3.65. The number of fused-ring (bicyclic) bond motifs is 1. The normalized spacial score (nSPS) is 10.5. The number of amides is 1. The number of nitrogens with one attached hydrogen (secondary N) is 1. The van der Waals surface area contributed by atoms with Crippen LogP contribution in [0.1, 0.15) is 23.3 Å². The summed E-state index contributed by atoms with van der Waals surface area (Å²) in [6.45, 7) is 0.380. The first kappa shape index (κ1) is 16.5. The summed E-state index contributed by atoms with van der Waals surface area (Å²) in [5.41, 5.74) is 0.522. The number of nitro benzene ring substituents is 1. The molecule has 1 aromatic heterocycles. The number of nitrogens with zero attached hydrogens (tertiary/aromatic N) is 2. The Kier molecular flexibility index (Phi) is 4.95. The number of esters is 1. The monoisotopic (exact) mass is 319 g/mol. The zero-order chi connectivity index (χ0) is 17.0. The van der Waals surface area contributed by atoms with E-state index in [-0.39, 0.29) is 29.7 Å². The molecule has 122 valence electrons. The molecule has 1 aromatic carbocycles. The van der Waals surface area contributed by atoms with Crippen LogP contribution in [0.25, 0.3) is 10.9 Å².